The van der Waals surface area contributed by atoms with Crippen molar-refractivity contribution in [2.24, 2.45) is 0 Å². The maximum atomic E-state index is 12.2. The molecule has 128 valence electrons. The van der Waals surface area contributed by atoms with Gasteiger partial charge >= 0.3 is 5.97 Å². The van der Waals surface area contributed by atoms with Gasteiger partial charge in [0.2, 0.25) is 0 Å². The monoisotopic (exact) mass is 329 g/mol. The van der Waals surface area contributed by atoms with Gasteiger partial charge in [-0.25, -0.2) is 0 Å². The summed E-state index contributed by atoms with van der Waals surface area (Å²) >= 11 is 0. The van der Waals surface area contributed by atoms with Crippen molar-refractivity contribution in [2.75, 3.05) is 13.1 Å². The Morgan fingerprint density at radius 2 is 1.79 bits per heavy atom. The third kappa shape index (κ3) is 3.26. The summed E-state index contributed by atoms with van der Waals surface area (Å²) in [6.07, 6.45) is 3.43. The van der Waals surface area contributed by atoms with Crippen LogP contribution in [0, 0.1) is 0 Å². The van der Waals surface area contributed by atoms with Crippen LogP contribution in [-0.4, -0.2) is 40.6 Å². The maximum absolute atomic E-state index is 12.2. The van der Waals surface area contributed by atoms with Crippen LogP contribution in [0.5, 0.6) is 0 Å². The van der Waals surface area contributed by atoms with Crippen LogP contribution < -0.4 is 0 Å². The first-order chi connectivity index (χ1) is 11.5. The predicted octanol–water partition coefficient (Wildman–Crippen LogP) is 2.32. The smallest absolute Gasteiger partial charge is 0.303 e. The molecule has 2 aliphatic rings. The summed E-state index contributed by atoms with van der Waals surface area (Å²) in [4.78, 5) is 36.9. The second-order valence-electron chi connectivity index (χ2n) is 6.83. The van der Waals surface area contributed by atoms with Crippen LogP contribution in [0.1, 0.15) is 49.7 Å². The topological polar surface area (TPSA) is 74.7 Å². The maximum Gasteiger partial charge on any atom is 0.303 e. The minimum atomic E-state index is -0.940. The molecule has 5 heteroatoms. The first-order valence-electron chi connectivity index (χ1n) is 8.60. The Hall–Kier alpha value is -2.01. The predicted molar refractivity (Wildman–Crippen MR) is 88.7 cm³/mol. The average Bonchev–Trinajstić information content (AvgIpc) is 2.58. The van der Waals surface area contributed by atoms with Gasteiger partial charge in [0, 0.05) is 31.3 Å². The second-order valence-corrected chi connectivity index (χ2v) is 6.83. The van der Waals surface area contributed by atoms with Crippen molar-refractivity contribution in [1.82, 2.24) is 4.90 Å². The lowest BCUT2D eigenvalue weighted by atomic mass is 9.71. The molecule has 1 heterocycles. The fourth-order valence-corrected chi connectivity index (χ4v) is 4.13. The number of rotatable bonds is 5. The Labute approximate surface area is 141 Å². The van der Waals surface area contributed by atoms with Gasteiger partial charge in [-0.1, -0.05) is 24.3 Å². The van der Waals surface area contributed by atoms with E-state index in [-0.39, 0.29) is 30.7 Å². The number of carboxylic acid groups (broad SMARTS) is 1. The highest BCUT2D eigenvalue weighted by Gasteiger charge is 2.45. The number of fused-ring (bicyclic) bond motifs is 2. The largest absolute Gasteiger partial charge is 0.481 e. The lowest BCUT2D eigenvalue weighted by molar-refractivity contribution is -0.139. The fraction of sp³-hybridized carbons (Fsp3) is 0.526. The zero-order valence-electron chi connectivity index (χ0n) is 13.8. The summed E-state index contributed by atoms with van der Waals surface area (Å²) < 4.78 is 0. The van der Waals surface area contributed by atoms with Crippen molar-refractivity contribution in [3.8, 4) is 0 Å². The zero-order chi connectivity index (χ0) is 17.2. The molecular weight excluding hydrogens is 306 g/mol. The van der Waals surface area contributed by atoms with Gasteiger partial charge in [-0.15, -0.1) is 0 Å². The van der Waals surface area contributed by atoms with E-state index in [1.807, 2.05) is 12.1 Å². The Balaban J connectivity index is 1.84. The van der Waals surface area contributed by atoms with Crippen LogP contribution in [0.15, 0.2) is 24.3 Å². The van der Waals surface area contributed by atoms with Gasteiger partial charge in [0.25, 0.3) is 0 Å². The number of aliphatic carboxylic acids is 1. The fourth-order valence-electron chi connectivity index (χ4n) is 4.13. The number of benzene rings is 1. The summed E-state index contributed by atoms with van der Waals surface area (Å²) in [5, 5.41) is 8.77. The lowest BCUT2D eigenvalue weighted by Crippen LogP contribution is -2.54. The van der Waals surface area contributed by atoms with Crippen LogP contribution in [0.25, 0.3) is 0 Å². The van der Waals surface area contributed by atoms with E-state index < -0.39 is 5.97 Å². The Morgan fingerprint density at radius 3 is 2.50 bits per heavy atom. The van der Waals surface area contributed by atoms with Crippen molar-refractivity contribution in [1.29, 1.82) is 0 Å². The second kappa shape index (κ2) is 6.85. The Morgan fingerprint density at radius 1 is 1.08 bits per heavy atom. The normalized spacial score (nSPS) is 19.9. The van der Waals surface area contributed by atoms with Crippen LogP contribution in [0.2, 0.25) is 0 Å². The molecule has 1 aliphatic carbocycles. The van der Waals surface area contributed by atoms with Gasteiger partial charge in [-0.3, -0.25) is 19.3 Å². The first kappa shape index (κ1) is 16.8. The van der Waals surface area contributed by atoms with Crippen molar-refractivity contribution >= 4 is 17.5 Å². The van der Waals surface area contributed by atoms with Crippen molar-refractivity contribution in [2.45, 2.75) is 50.5 Å². The molecule has 1 saturated carbocycles. The van der Waals surface area contributed by atoms with Gasteiger partial charge in [0.1, 0.15) is 11.6 Å². The molecule has 1 spiro atoms. The van der Waals surface area contributed by atoms with E-state index in [0.717, 1.165) is 25.8 Å². The number of Topliss-reactive ketones (excluding diaryl/α,β-unsaturated/α-hetero) is 2. The van der Waals surface area contributed by atoms with Crippen molar-refractivity contribution in [3.05, 3.63) is 35.4 Å². The van der Waals surface area contributed by atoms with E-state index in [1.165, 1.54) is 11.1 Å². The average molecular weight is 329 g/mol. The number of carboxylic acids is 1. The quantitative estimate of drug-likeness (QED) is 0.897. The number of hydrogen-bond donors (Lipinski definition) is 1. The lowest BCUT2D eigenvalue weighted by Gasteiger charge is -2.50. The van der Waals surface area contributed by atoms with Crippen molar-refractivity contribution in [3.63, 3.8) is 0 Å². The molecule has 0 unspecified atom stereocenters. The molecule has 24 heavy (non-hydrogen) atoms. The zero-order valence-corrected chi connectivity index (χ0v) is 13.8. The highest BCUT2D eigenvalue weighted by molar-refractivity contribution is 5.84. The van der Waals surface area contributed by atoms with E-state index >= 15 is 0 Å². The molecule has 1 fully saturated rings. The number of nitrogens with zero attached hydrogens (tertiary/aromatic N) is 1. The summed E-state index contributed by atoms with van der Waals surface area (Å²) in [5.41, 5.74) is 2.30. The summed E-state index contributed by atoms with van der Waals surface area (Å²) in [6.45, 7) is 1.06. The summed E-state index contributed by atoms with van der Waals surface area (Å²) in [5.74, 6) is -0.681. The third-order valence-corrected chi connectivity index (χ3v) is 5.39. The number of carbonyl (C=O) groups excluding carboxylic acids is 2. The molecule has 3 rings (SSSR count). The molecule has 0 saturated heterocycles. The van der Waals surface area contributed by atoms with Crippen LogP contribution >= 0.6 is 0 Å². The van der Waals surface area contributed by atoms with Crippen molar-refractivity contribution < 1.29 is 19.5 Å². The molecule has 0 atom stereocenters. The van der Waals surface area contributed by atoms with E-state index in [9.17, 15) is 14.4 Å². The first-order valence-corrected chi connectivity index (χ1v) is 8.60. The molecule has 0 radical (unpaired) electrons. The molecule has 0 bridgehead atoms. The highest BCUT2D eigenvalue weighted by atomic mass is 16.4. The van der Waals surface area contributed by atoms with Gasteiger partial charge in [0.15, 0.2) is 0 Å². The molecule has 1 aliphatic heterocycles. The highest BCUT2D eigenvalue weighted by Crippen LogP contribution is 2.45. The molecule has 5 nitrogen and oxygen atoms in total. The van der Waals surface area contributed by atoms with E-state index in [0.29, 0.717) is 18.6 Å². The van der Waals surface area contributed by atoms with Crippen LogP contribution in [-0.2, 0) is 26.3 Å². The molecular formula is C19H23NO4. The minimum absolute atomic E-state index is 0.0342. The molecule has 1 aromatic carbocycles. The molecule has 0 aromatic heterocycles. The minimum Gasteiger partial charge on any atom is -0.481 e. The van der Waals surface area contributed by atoms with E-state index in [2.05, 4.69) is 17.0 Å². The van der Waals surface area contributed by atoms with Gasteiger partial charge < -0.3 is 5.11 Å². The van der Waals surface area contributed by atoms with Crippen LogP contribution in [0.3, 0.4) is 0 Å². The Bertz CT molecular complexity index is 657. The number of carbonyl (C=O) groups is 3. The Kier molecular flexibility index (Phi) is 4.81. The van der Waals surface area contributed by atoms with Gasteiger partial charge in [-0.2, -0.15) is 0 Å². The number of hydrogen-bond acceptors (Lipinski definition) is 4. The van der Waals surface area contributed by atoms with E-state index in [1.54, 1.807) is 0 Å². The summed E-state index contributed by atoms with van der Waals surface area (Å²) in [6, 6.07) is 8.32. The summed E-state index contributed by atoms with van der Waals surface area (Å²) in [7, 11) is 0. The standard InChI is InChI=1S/C19H23NO4/c21-15-7-10-19(11-8-15)17-4-2-1-3-14(17)9-12-20(19)13-16(22)5-6-18(23)24/h1-4H,5-13H2,(H,23,24). The molecule has 0 amide bonds. The van der Waals surface area contributed by atoms with Gasteiger partial charge in [-0.05, 0) is 30.4 Å². The molecule has 1 N–H and O–H groups in total. The third-order valence-electron chi connectivity index (χ3n) is 5.39. The van der Waals surface area contributed by atoms with E-state index in [4.69, 9.17) is 5.11 Å². The SMILES string of the molecule is O=C(O)CCC(=O)CN1CCc2ccccc2C12CCC(=O)CC2. The van der Waals surface area contributed by atoms with Gasteiger partial charge in [0.05, 0.1) is 13.0 Å². The number of ketones is 2. The molecule has 1 aromatic rings. The van der Waals surface area contributed by atoms with Crippen LogP contribution in [0.4, 0.5) is 0 Å².